The van der Waals surface area contributed by atoms with Crippen molar-refractivity contribution in [3.05, 3.63) is 44.9 Å². The molecule has 3 aliphatic rings. The zero-order chi connectivity index (χ0) is 22.4. The molecule has 1 aliphatic heterocycles. The Kier molecular flexibility index (Phi) is 3.89. The zero-order valence-corrected chi connectivity index (χ0v) is 18.6. The fourth-order valence-electron chi connectivity index (χ4n) is 5.90. The van der Waals surface area contributed by atoms with Gasteiger partial charge in [-0.15, -0.1) is 0 Å². The van der Waals surface area contributed by atoms with Gasteiger partial charge in [0.1, 0.15) is 5.69 Å². The van der Waals surface area contributed by atoms with Gasteiger partial charge in [0, 0.05) is 43.0 Å². The standard InChI is InChI=1S/C24H25N5O4/c1-11(2)29-16-6-7-17-21(33-24(31)23(30)32-17)19(16)20(27-29)22-25-8-15(26-22)18-13-9-28(10-14(13)18)12-4-3-5-12/h6-8,11-14,18H,3-5,9-10H2,1-2H3,(H,25,26). The van der Waals surface area contributed by atoms with Crippen LogP contribution in [0.2, 0.25) is 0 Å². The van der Waals surface area contributed by atoms with Crippen LogP contribution in [0.25, 0.3) is 33.6 Å². The molecule has 0 amide bonds. The van der Waals surface area contributed by atoms with E-state index in [1.54, 1.807) is 6.07 Å². The molecule has 170 valence electrons. The minimum absolute atomic E-state index is 0.0795. The van der Waals surface area contributed by atoms with Gasteiger partial charge in [-0.1, -0.05) is 6.42 Å². The summed E-state index contributed by atoms with van der Waals surface area (Å²) in [5.74, 6) is 2.57. The highest BCUT2D eigenvalue weighted by Crippen LogP contribution is 2.59. The van der Waals surface area contributed by atoms with Crippen LogP contribution in [0.3, 0.4) is 0 Å². The Balaban J connectivity index is 1.30. The highest BCUT2D eigenvalue weighted by Gasteiger charge is 2.58. The lowest BCUT2D eigenvalue weighted by atomic mass is 9.91. The van der Waals surface area contributed by atoms with E-state index >= 15 is 0 Å². The van der Waals surface area contributed by atoms with Crippen molar-refractivity contribution >= 4 is 22.1 Å². The number of nitrogens with one attached hydrogen (secondary N) is 1. The molecule has 9 nitrogen and oxygen atoms in total. The van der Waals surface area contributed by atoms with Gasteiger partial charge in [-0.25, -0.2) is 14.6 Å². The first-order valence-corrected chi connectivity index (χ1v) is 11.8. The number of rotatable bonds is 4. The van der Waals surface area contributed by atoms with Crippen LogP contribution in [0, 0.1) is 11.8 Å². The topological polar surface area (TPSA) is 110 Å². The fourth-order valence-corrected chi connectivity index (χ4v) is 5.90. The Morgan fingerprint density at radius 2 is 1.85 bits per heavy atom. The molecule has 0 spiro atoms. The number of hydrogen-bond acceptors (Lipinski definition) is 7. The van der Waals surface area contributed by atoms with E-state index in [1.807, 2.05) is 30.8 Å². The van der Waals surface area contributed by atoms with Gasteiger partial charge < -0.3 is 13.8 Å². The first-order valence-electron chi connectivity index (χ1n) is 11.8. The summed E-state index contributed by atoms with van der Waals surface area (Å²) in [6.07, 6.45) is 6.01. The molecule has 0 bridgehead atoms. The number of imidazole rings is 1. The second-order valence-corrected chi connectivity index (χ2v) is 10.0. The fraction of sp³-hybridized carbons (Fsp3) is 0.500. The second-order valence-electron chi connectivity index (χ2n) is 10.0. The predicted molar refractivity (Wildman–Crippen MR) is 121 cm³/mol. The first kappa shape index (κ1) is 19.3. The van der Waals surface area contributed by atoms with Crippen molar-refractivity contribution in [2.75, 3.05) is 13.1 Å². The highest BCUT2D eigenvalue weighted by molar-refractivity contribution is 6.07. The third kappa shape index (κ3) is 2.75. The third-order valence-corrected chi connectivity index (χ3v) is 7.84. The average Bonchev–Trinajstić information content (AvgIpc) is 3.18. The molecule has 2 aliphatic carbocycles. The van der Waals surface area contributed by atoms with E-state index in [1.165, 1.54) is 32.4 Å². The second kappa shape index (κ2) is 6.66. The van der Waals surface area contributed by atoms with E-state index in [-0.39, 0.29) is 17.2 Å². The molecule has 4 heterocycles. The summed E-state index contributed by atoms with van der Waals surface area (Å²) in [5.41, 5.74) is 0.925. The van der Waals surface area contributed by atoms with E-state index < -0.39 is 11.3 Å². The van der Waals surface area contributed by atoms with Gasteiger partial charge >= 0.3 is 11.3 Å². The van der Waals surface area contributed by atoms with Crippen LogP contribution in [-0.2, 0) is 0 Å². The molecule has 3 fully saturated rings. The summed E-state index contributed by atoms with van der Waals surface area (Å²) < 4.78 is 12.4. The van der Waals surface area contributed by atoms with Gasteiger partial charge in [-0.2, -0.15) is 5.10 Å². The molecule has 2 unspecified atom stereocenters. The van der Waals surface area contributed by atoms with E-state index in [4.69, 9.17) is 13.9 Å². The van der Waals surface area contributed by atoms with Gasteiger partial charge in [0.05, 0.1) is 10.9 Å². The number of likely N-dealkylation sites (tertiary alicyclic amines) is 1. The number of benzene rings is 1. The molecule has 2 atom stereocenters. The van der Waals surface area contributed by atoms with E-state index in [2.05, 4.69) is 14.9 Å². The largest absolute Gasteiger partial charge is 0.423 e. The van der Waals surface area contributed by atoms with Crippen molar-refractivity contribution in [1.82, 2.24) is 24.6 Å². The maximum absolute atomic E-state index is 12.0. The Bertz CT molecular complexity index is 1510. The molecule has 33 heavy (non-hydrogen) atoms. The molecule has 9 heteroatoms. The zero-order valence-electron chi connectivity index (χ0n) is 18.6. The van der Waals surface area contributed by atoms with Gasteiger partial charge in [0.15, 0.2) is 17.0 Å². The molecular formula is C24H25N5O4. The van der Waals surface area contributed by atoms with Crippen LogP contribution >= 0.6 is 0 Å². The van der Waals surface area contributed by atoms with Crippen LogP contribution in [0.1, 0.15) is 50.8 Å². The van der Waals surface area contributed by atoms with Gasteiger partial charge in [0.25, 0.3) is 0 Å². The lowest BCUT2D eigenvalue weighted by Gasteiger charge is -2.36. The Morgan fingerprint density at radius 1 is 1.09 bits per heavy atom. The van der Waals surface area contributed by atoms with Crippen molar-refractivity contribution in [3.63, 3.8) is 0 Å². The summed E-state index contributed by atoms with van der Waals surface area (Å²) in [6.45, 7) is 6.45. The quantitative estimate of drug-likeness (QED) is 0.478. The Hall–Kier alpha value is -3.20. The normalized spacial score (nSPS) is 25.2. The van der Waals surface area contributed by atoms with Crippen molar-refractivity contribution < 1.29 is 8.83 Å². The first-order chi connectivity index (χ1) is 16.0. The Morgan fingerprint density at radius 3 is 2.55 bits per heavy atom. The number of aromatic nitrogens is 4. The van der Waals surface area contributed by atoms with Crippen LogP contribution in [0.15, 0.2) is 36.8 Å². The van der Waals surface area contributed by atoms with Crippen molar-refractivity contribution in [1.29, 1.82) is 0 Å². The summed E-state index contributed by atoms with van der Waals surface area (Å²) in [4.78, 5) is 34.5. The summed E-state index contributed by atoms with van der Waals surface area (Å²) >= 11 is 0. The number of aromatic amines is 1. The Labute approximate surface area is 188 Å². The number of nitrogens with zero attached hydrogens (tertiary/aromatic N) is 4. The van der Waals surface area contributed by atoms with Crippen molar-refractivity contribution in [2.24, 2.45) is 11.8 Å². The van der Waals surface area contributed by atoms with E-state index in [0.717, 1.165) is 17.3 Å². The molecule has 1 aromatic carbocycles. The summed E-state index contributed by atoms with van der Waals surface area (Å²) in [6, 6.07) is 4.36. The van der Waals surface area contributed by atoms with Crippen LogP contribution in [-0.4, -0.2) is 43.8 Å². The lowest BCUT2D eigenvalue weighted by Crippen LogP contribution is -2.40. The van der Waals surface area contributed by atoms with Crippen LogP contribution in [0.4, 0.5) is 0 Å². The van der Waals surface area contributed by atoms with E-state index in [9.17, 15) is 9.59 Å². The van der Waals surface area contributed by atoms with Crippen molar-refractivity contribution in [3.8, 4) is 11.5 Å². The molecule has 1 saturated heterocycles. The molecule has 0 radical (unpaired) electrons. The summed E-state index contributed by atoms with van der Waals surface area (Å²) in [5, 5.41) is 5.43. The molecule has 4 aromatic rings. The van der Waals surface area contributed by atoms with Gasteiger partial charge in [0.2, 0.25) is 0 Å². The third-order valence-electron chi connectivity index (χ3n) is 7.84. The minimum Gasteiger partial charge on any atom is -0.414 e. The van der Waals surface area contributed by atoms with Crippen LogP contribution < -0.4 is 11.3 Å². The molecule has 3 aromatic heterocycles. The average molecular weight is 447 g/mol. The van der Waals surface area contributed by atoms with Crippen LogP contribution in [0.5, 0.6) is 0 Å². The van der Waals surface area contributed by atoms with E-state index in [0.29, 0.717) is 34.7 Å². The smallest absolute Gasteiger partial charge is 0.414 e. The number of H-pyrrole nitrogens is 1. The monoisotopic (exact) mass is 447 g/mol. The highest BCUT2D eigenvalue weighted by atomic mass is 16.5. The predicted octanol–water partition coefficient (Wildman–Crippen LogP) is 3.26. The maximum atomic E-state index is 12.0. The van der Waals surface area contributed by atoms with Crippen molar-refractivity contribution in [2.45, 2.75) is 51.1 Å². The van der Waals surface area contributed by atoms with Gasteiger partial charge in [-0.05, 0) is 50.7 Å². The minimum atomic E-state index is -1.03. The molecule has 7 rings (SSSR count). The number of fused-ring (bicyclic) bond motifs is 4. The molecule has 1 N–H and O–H groups in total. The number of hydrogen-bond donors (Lipinski definition) is 1. The molecule has 2 saturated carbocycles. The lowest BCUT2D eigenvalue weighted by molar-refractivity contribution is 0.140. The van der Waals surface area contributed by atoms with Gasteiger partial charge in [-0.3, -0.25) is 9.58 Å². The SMILES string of the molecule is CC(C)n1nc(-c2ncc(C3C4CN(C5CCC5)CC43)[nH]2)c2c3oc(=O)c(=O)oc3ccc21. The summed E-state index contributed by atoms with van der Waals surface area (Å²) in [7, 11) is 0. The maximum Gasteiger partial charge on any atom is 0.423 e. The molecular weight excluding hydrogens is 422 g/mol. The number of piperidine rings is 1.